The van der Waals surface area contributed by atoms with Crippen LogP contribution in [0.15, 0.2) is 65.4 Å². The summed E-state index contributed by atoms with van der Waals surface area (Å²) in [5.41, 5.74) is 3.20. The maximum Gasteiger partial charge on any atom is 0.307 e. The third-order valence-electron chi connectivity index (χ3n) is 4.40. The van der Waals surface area contributed by atoms with Crippen molar-refractivity contribution in [3.05, 3.63) is 82.0 Å². The number of esters is 1. The highest BCUT2D eigenvalue weighted by Crippen LogP contribution is 2.28. The van der Waals surface area contributed by atoms with Crippen molar-refractivity contribution < 1.29 is 19.1 Å². The molecule has 1 amide bonds. The van der Waals surface area contributed by atoms with Crippen molar-refractivity contribution in [2.24, 2.45) is 0 Å². The van der Waals surface area contributed by atoms with Crippen LogP contribution >= 0.6 is 11.3 Å². The predicted octanol–water partition coefficient (Wildman–Crippen LogP) is 4.92. The lowest BCUT2D eigenvalue weighted by Crippen LogP contribution is -2.26. The van der Waals surface area contributed by atoms with Crippen LogP contribution in [0, 0.1) is 6.92 Å². The van der Waals surface area contributed by atoms with Crippen molar-refractivity contribution in [3.8, 4) is 5.75 Å². The third-order valence-corrected chi connectivity index (χ3v) is 5.13. The van der Waals surface area contributed by atoms with Gasteiger partial charge >= 0.3 is 5.97 Å². The Hall–Kier alpha value is -3.12. The van der Waals surface area contributed by atoms with Gasteiger partial charge in [0.25, 0.3) is 5.91 Å². The van der Waals surface area contributed by atoms with E-state index in [1.165, 1.54) is 0 Å². The van der Waals surface area contributed by atoms with Crippen LogP contribution in [-0.2, 0) is 20.7 Å². The molecule has 5 nitrogen and oxygen atoms in total. The average molecular weight is 410 g/mol. The van der Waals surface area contributed by atoms with Crippen LogP contribution in [-0.4, -0.2) is 19.0 Å². The summed E-state index contributed by atoms with van der Waals surface area (Å²) in [6.45, 7) is 1.92. The van der Waals surface area contributed by atoms with Gasteiger partial charge in [-0.2, -0.15) is 11.3 Å². The summed E-state index contributed by atoms with van der Waals surface area (Å²) in [6.07, 6.45) is -0.255. The monoisotopic (exact) mass is 409 g/mol. The number of amides is 1. The first-order valence-electron chi connectivity index (χ1n) is 9.28. The number of rotatable bonds is 8. The lowest BCUT2D eigenvalue weighted by atomic mass is 10.1. The van der Waals surface area contributed by atoms with Crippen molar-refractivity contribution in [3.63, 3.8) is 0 Å². The number of thiophene rings is 1. The minimum absolute atomic E-state index is 0.209. The maximum atomic E-state index is 13.0. The molecule has 1 atom stereocenters. The van der Waals surface area contributed by atoms with E-state index < -0.39 is 18.0 Å². The Labute approximate surface area is 174 Å². The van der Waals surface area contributed by atoms with Crippen molar-refractivity contribution in [2.75, 3.05) is 12.4 Å². The second kappa shape index (κ2) is 9.89. The zero-order valence-electron chi connectivity index (χ0n) is 16.4. The molecule has 0 fully saturated rings. The number of nitrogens with one attached hydrogen (secondary N) is 1. The fourth-order valence-electron chi connectivity index (χ4n) is 2.89. The first kappa shape index (κ1) is 20.6. The van der Waals surface area contributed by atoms with Crippen LogP contribution in [0.1, 0.15) is 29.2 Å². The number of carbonyl (C=O) groups excluding carboxylic acids is 2. The van der Waals surface area contributed by atoms with E-state index in [2.05, 4.69) is 5.32 Å². The topological polar surface area (TPSA) is 64.6 Å². The molecule has 0 bridgehead atoms. The summed E-state index contributed by atoms with van der Waals surface area (Å²) in [5.74, 6) is -0.306. The van der Waals surface area contributed by atoms with Gasteiger partial charge in [-0.15, -0.1) is 0 Å². The van der Waals surface area contributed by atoms with E-state index in [1.54, 1.807) is 36.6 Å². The van der Waals surface area contributed by atoms with E-state index in [4.69, 9.17) is 9.47 Å². The minimum Gasteiger partial charge on any atom is -0.495 e. The summed E-state index contributed by atoms with van der Waals surface area (Å²) in [4.78, 5) is 25.5. The Kier molecular flexibility index (Phi) is 7.03. The molecule has 0 unspecified atom stereocenters. The minimum atomic E-state index is -1.05. The summed E-state index contributed by atoms with van der Waals surface area (Å²) in [5, 5.41) is 6.80. The van der Waals surface area contributed by atoms with E-state index in [0.29, 0.717) is 23.4 Å². The fourth-order valence-corrected chi connectivity index (χ4v) is 3.59. The van der Waals surface area contributed by atoms with Crippen molar-refractivity contribution >= 4 is 28.9 Å². The Morgan fingerprint density at radius 2 is 1.90 bits per heavy atom. The number of hydrogen-bond acceptors (Lipinski definition) is 5. The zero-order valence-corrected chi connectivity index (χ0v) is 17.2. The Morgan fingerprint density at radius 1 is 1.10 bits per heavy atom. The number of carbonyl (C=O) groups is 2. The largest absolute Gasteiger partial charge is 0.495 e. The van der Waals surface area contributed by atoms with Gasteiger partial charge in [-0.3, -0.25) is 9.59 Å². The van der Waals surface area contributed by atoms with E-state index in [9.17, 15) is 9.59 Å². The van der Waals surface area contributed by atoms with Crippen molar-refractivity contribution in [1.82, 2.24) is 0 Å². The van der Waals surface area contributed by atoms with Crippen LogP contribution in [0.3, 0.4) is 0 Å². The van der Waals surface area contributed by atoms with Crippen LogP contribution in [0.25, 0.3) is 0 Å². The highest BCUT2D eigenvalue weighted by Gasteiger charge is 2.26. The molecule has 0 aliphatic rings. The van der Waals surface area contributed by atoms with Crippen molar-refractivity contribution in [1.29, 1.82) is 0 Å². The molecular weight excluding hydrogens is 386 g/mol. The quantitative estimate of drug-likeness (QED) is 0.536. The smallest absolute Gasteiger partial charge is 0.307 e. The molecule has 0 radical (unpaired) electrons. The highest BCUT2D eigenvalue weighted by molar-refractivity contribution is 7.07. The summed E-state index contributed by atoms with van der Waals surface area (Å²) < 4.78 is 10.9. The van der Waals surface area contributed by atoms with Gasteiger partial charge in [0.1, 0.15) is 5.75 Å². The van der Waals surface area contributed by atoms with E-state index in [0.717, 1.165) is 11.1 Å². The molecule has 0 saturated heterocycles. The van der Waals surface area contributed by atoms with Crippen molar-refractivity contribution in [2.45, 2.75) is 25.9 Å². The van der Waals surface area contributed by atoms with E-state index in [1.807, 2.05) is 54.1 Å². The standard InChI is InChI=1S/C23H23NO4S/c1-16-8-10-20(27-2)19(14-16)24-23(26)22(18-6-4-3-5-7-18)28-21(25)11-9-17-12-13-29-15-17/h3-8,10,12-15,22H,9,11H2,1-2H3,(H,24,26)/t22-/m0/s1. The Balaban J connectivity index is 1.75. The molecule has 29 heavy (non-hydrogen) atoms. The van der Waals surface area contributed by atoms with Gasteiger partial charge in [0.05, 0.1) is 12.8 Å². The normalized spacial score (nSPS) is 11.5. The molecule has 1 aromatic heterocycles. The van der Waals surface area contributed by atoms with Crippen LogP contribution < -0.4 is 10.1 Å². The molecule has 0 aliphatic heterocycles. The summed E-state index contributed by atoms with van der Waals surface area (Å²) >= 11 is 1.58. The number of anilines is 1. The lowest BCUT2D eigenvalue weighted by Gasteiger charge is -2.19. The number of ether oxygens (including phenoxy) is 2. The molecule has 0 spiro atoms. The molecular formula is C23H23NO4S. The zero-order chi connectivity index (χ0) is 20.6. The highest BCUT2D eigenvalue weighted by atomic mass is 32.1. The number of aryl methyl sites for hydroxylation is 2. The maximum absolute atomic E-state index is 13.0. The first-order valence-corrected chi connectivity index (χ1v) is 10.2. The number of methoxy groups -OCH3 is 1. The lowest BCUT2D eigenvalue weighted by molar-refractivity contribution is -0.154. The second-order valence-electron chi connectivity index (χ2n) is 6.61. The molecule has 0 aliphatic carbocycles. The predicted molar refractivity (Wildman–Crippen MR) is 114 cm³/mol. The van der Waals surface area contributed by atoms with Gasteiger partial charge in [0.2, 0.25) is 6.10 Å². The first-order chi connectivity index (χ1) is 14.1. The molecule has 2 aromatic carbocycles. The van der Waals surface area contributed by atoms with Crippen LogP contribution in [0.2, 0.25) is 0 Å². The molecule has 150 valence electrons. The Bertz CT molecular complexity index is 954. The third kappa shape index (κ3) is 5.68. The van der Waals surface area contributed by atoms with Gasteiger partial charge in [-0.25, -0.2) is 0 Å². The average Bonchev–Trinajstić information content (AvgIpc) is 3.25. The fraction of sp³-hybridized carbons (Fsp3) is 0.217. The van der Waals surface area contributed by atoms with Gasteiger partial charge < -0.3 is 14.8 Å². The Morgan fingerprint density at radius 3 is 2.59 bits per heavy atom. The van der Waals surface area contributed by atoms with E-state index in [-0.39, 0.29) is 6.42 Å². The molecule has 3 rings (SSSR count). The summed E-state index contributed by atoms with van der Waals surface area (Å²) in [7, 11) is 1.54. The number of benzene rings is 2. The van der Waals surface area contributed by atoms with Crippen LogP contribution in [0.4, 0.5) is 5.69 Å². The second-order valence-corrected chi connectivity index (χ2v) is 7.39. The molecule has 1 heterocycles. The molecule has 0 saturated carbocycles. The molecule has 3 aromatic rings. The van der Waals surface area contributed by atoms with Gasteiger partial charge in [-0.05, 0) is 53.4 Å². The van der Waals surface area contributed by atoms with Gasteiger partial charge in [0.15, 0.2) is 0 Å². The summed E-state index contributed by atoms with van der Waals surface area (Å²) in [6, 6.07) is 16.5. The van der Waals surface area contributed by atoms with Crippen LogP contribution in [0.5, 0.6) is 5.75 Å². The van der Waals surface area contributed by atoms with Gasteiger partial charge in [-0.1, -0.05) is 36.4 Å². The molecule has 6 heteroatoms. The van der Waals surface area contributed by atoms with Gasteiger partial charge in [0, 0.05) is 12.0 Å². The molecule has 1 N–H and O–H groups in total. The van der Waals surface area contributed by atoms with E-state index >= 15 is 0 Å². The SMILES string of the molecule is COc1ccc(C)cc1NC(=O)[C@@H](OC(=O)CCc1ccsc1)c1ccccc1. The number of hydrogen-bond donors (Lipinski definition) is 1.